The number of nitrogens with one attached hydrogen (secondary N) is 1. The molecule has 0 fully saturated rings. The Balaban J connectivity index is 2.02. The number of ether oxygens (including phenoxy) is 3. The highest BCUT2D eigenvalue weighted by molar-refractivity contribution is 5.92. The zero-order chi connectivity index (χ0) is 25.0. The van der Waals surface area contributed by atoms with E-state index in [2.05, 4.69) is 20.3 Å². The van der Waals surface area contributed by atoms with Gasteiger partial charge in [-0.05, 0) is 38.0 Å². The van der Waals surface area contributed by atoms with Crippen molar-refractivity contribution < 1.29 is 27.4 Å². The van der Waals surface area contributed by atoms with Gasteiger partial charge in [-0.25, -0.2) is 9.97 Å². The van der Waals surface area contributed by atoms with Crippen LogP contribution in [0.2, 0.25) is 0 Å². The average molecular weight is 479 g/mol. The van der Waals surface area contributed by atoms with Gasteiger partial charge >= 0.3 is 6.18 Å². The molecule has 0 radical (unpaired) electrons. The van der Waals surface area contributed by atoms with Gasteiger partial charge in [0, 0.05) is 24.8 Å². The van der Waals surface area contributed by atoms with Crippen molar-refractivity contribution in [3.05, 3.63) is 47.5 Å². The first-order valence-corrected chi connectivity index (χ1v) is 10.8. The molecule has 0 saturated heterocycles. The number of nitrogens with zero attached hydrogens (tertiary/aromatic N) is 3. The summed E-state index contributed by atoms with van der Waals surface area (Å²) in [7, 11) is 3.15. The standard InChI is InChI=1S/C24H29F3N4O3/c1-13(2)22(12-32-5)34-21-10-17-19(11-20(21)33-6)30-15(4)31-23(17)29-14(3)18-9-16(7-8-28-18)24(25,26)27/h7-11,13-14,22H,12H2,1-6H3,(H,29,30,31)/t14-,22?/m1/s1. The van der Waals surface area contributed by atoms with E-state index in [1.807, 2.05) is 13.8 Å². The Hall–Kier alpha value is -3.14. The molecule has 34 heavy (non-hydrogen) atoms. The highest BCUT2D eigenvalue weighted by Gasteiger charge is 2.31. The molecule has 1 aromatic carbocycles. The summed E-state index contributed by atoms with van der Waals surface area (Å²) in [6, 6.07) is 4.95. The highest BCUT2D eigenvalue weighted by Crippen LogP contribution is 2.37. The third-order valence-corrected chi connectivity index (χ3v) is 5.35. The van der Waals surface area contributed by atoms with E-state index in [0.717, 1.165) is 18.3 Å². The number of aromatic nitrogens is 3. The van der Waals surface area contributed by atoms with E-state index < -0.39 is 17.8 Å². The Kier molecular flexibility index (Phi) is 7.81. The van der Waals surface area contributed by atoms with Crippen LogP contribution in [0.5, 0.6) is 11.5 Å². The number of fused-ring (bicyclic) bond motifs is 1. The van der Waals surface area contributed by atoms with E-state index in [1.54, 1.807) is 40.2 Å². The van der Waals surface area contributed by atoms with Crippen molar-refractivity contribution in [1.29, 1.82) is 0 Å². The molecule has 3 aromatic rings. The zero-order valence-corrected chi connectivity index (χ0v) is 20.0. The summed E-state index contributed by atoms with van der Waals surface area (Å²) >= 11 is 0. The second kappa shape index (κ2) is 10.4. The molecule has 0 saturated carbocycles. The lowest BCUT2D eigenvalue weighted by molar-refractivity contribution is -0.137. The highest BCUT2D eigenvalue weighted by atomic mass is 19.4. The molecule has 0 amide bonds. The summed E-state index contributed by atoms with van der Waals surface area (Å²) in [5, 5.41) is 3.82. The summed E-state index contributed by atoms with van der Waals surface area (Å²) < 4.78 is 56.5. The smallest absolute Gasteiger partial charge is 0.416 e. The van der Waals surface area contributed by atoms with Crippen molar-refractivity contribution in [2.24, 2.45) is 5.92 Å². The normalized spacial score (nSPS) is 13.7. The maximum atomic E-state index is 13.1. The summed E-state index contributed by atoms with van der Waals surface area (Å²) in [4.78, 5) is 13.1. The van der Waals surface area contributed by atoms with Crippen molar-refractivity contribution in [1.82, 2.24) is 15.0 Å². The van der Waals surface area contributed by atoms with Gasteiger partial charge in [-0.15, -0.1) is 0 Å². The van der Waals surface area contributed by atoms with E-state index in [9.17, 15) is 13.2 Å². The minimum absolute atomic E-state index is 0.180. The predicted octanol–water partition coefficient (Wildman–Crippen LogP) is 5.58. The SMILES string of the molecule is COCC(Oc1cc2c(N[C@H](C)c3cc(C(F)(F)F)ccn3)nc(C)nc2cc1OC)C(C)C. The quantitative estimate of drug-likeness (QED) is 0.430. The van der Waals surface area contributed by atoms with E-state index in [4.69, 9.17) is 14.2 Å². The molecule has 0 aliphatic carbocycles. The fourth-order valence-electron chi connectivity index (χ4n) is 3.44. The molecule has 1 N–H and O–H groups in total. The Morgan fingerprint density at radius 2 is 1.76 bits per heavy atom. The van der Waals surface area contributed by atoms with Gasteiger partial charge in [0.25, 0.3) is 0 Å². The number of aryl methyl sites for hydroxylation is 1. The molecule has 0 aliphatic heterocycles. The average Bonchev–Trinajstić information content (AvgIpc) is 2.78. The summed E-state index contributed by atoms with van der Waals surface area (Å²) in [5.74, 6) is 2.13. The van der Waals surface area contributed by atoms with E-state index in [0.29, 0.717) is 40.7 Å². The van der Waals surface area contributed by atoms with Crippen molar-refractivity contribution >= 4 is 16.7 Å². The fraction of sp³-hybridized carbons (Fsp3) is 0.458. The lowest BCUT2D eigenvalue weighted by Gasteiger charge is -2.24. The summed E-state index contributed by atoms with van der Waals surface area (Å²) in [6.45, 7) is 7.91. The summed E-state index contributed by atoms with van der Waals surface area (Å²) in [5.41, 5.74) is 0.0913. The number of halogens is 3. The number of methoxy groups -OCH3 is 2. The van der Waals surface area contributed by atoms with Crippen molar-refractivity contribution in [2.75, 3.05) is 26.1 Å². The van der Waals surface area contributed by atoms with Crippen molar-refractivity contribution in [3.8, 4) is 11.5 Å². The van der Waals surface area contributed by atoms with Crippen LogP contribution >= 0.6 is 0 Å². The van der Waals surface area contributed by atoms with Crippen LogP contribution in [0.15, 0.2) is 30.5 Å². The van der Waals surface area contributed by atoms with Crippen molar-refractivity contribution in [2.45, 2.75) is 46.0 Å². The van der Waals surface area contributed by atoms with Gasteiger partial charge in [0.1, 0.15) is 17.7 Å². The number of pyridine rings is 1. The van der Waals surface area contributed by atoms with Crippen LogP contribution in [-0.2, 0) is 10.9 Å². The Bertz CT molecular complexity index is 1140. The molecule has 10 heteroatoms. The Morgan fingerprint density at radius 3 is 2.38 bits per heavy atom. The number of hydrogen-bond acceptors (Lipinski definition) is 7. The minimum atomic E-state index is -4.45. The number of anilines is 1. The van der Waals surface area contributed by atoms with Crippen LogP contribution in [-0.4, -0.2) is 41.9 Å². The zero-order valence-electron chi connectivity index (χ0n) is 20.0. The van der Waals surface area contributed by atoms with Gasteiger partial charge in [0.05, 0.1) is 36.5 Å². The molecule has 0 bridgehead atoms. The lowest BCUT2D eigenvalue weighted by atomic mass is 10.1. The molecule has 0 spiro atoms. The third-order valence-electron chi connectivity index (χ3n) is 5.35. The lowest BCUT2D eigenvalue weighted by Crippen LogP contribution is -2.28. The molecule has 184 valence electrons. The van der Waals surface area contributed by atoms with E-state index in [-0.39, 0.29) is 17.7 Å². The Labute approximate surface area is 196 Å². The maximum absolute atomic E-state index is 13.1. The largest absolute Gasteiger partial charge is 0.493 e. The molecule has 1 unspecified atom stereocenters. The second-order valence-corrected chi connectivity index (χ2v) is 8.33. The van der Waals surface area contributed by atoms with Gasteiger partial charge in [0.15, 0.2) is 11.5 Å². The van der Waals surface area contributed by atoms with Crippen LogP contribution < -0.4 is 14.8 Å². The molecule has 2 heterocycles. The monoisotopic (exact) mass is 478 g/mol. The molecule has 0 aliphatic rings. The predicted molar refractivity (Wildman–Crippen MR) is 123 cm³/mol. The molecule has 3 rings (SSSR count). The van der Waals surface area contributed by atoms with Gasteiger partial charge in [-0.2, -0.15) is 13.2 Å². The van der Waals surface area contributed by atoms with Crippen molar-refractivity contribution in [3.63, 3.8) is 0 Å². The Morgan fingerprint density at radius 1 is 1.03 bits per heavy atom. The second-order valence-electron chi connectivity index (χ2n) is 8.33. The molecular formula is C24H29F3N4O3. The third kappa shape index (κ3) is 5.85. The fourth-order valence-corrected chi connectivity index (χ4v) is 3.44. The van der Waals surface area contributed by atoms with Gasteiger partial charge < -0.3 is 19.5 Å². The van der Waals surface area contributed by atoms with Crippen LogP contribution in [0.1, 0.15) is 43.9 Å². The summed E-state index contributed by atoms with van der Waals surface area (Å²) in [6.07, 6.45) is -3.52. The van der Waals surface area contributed by atoms with Crippen LogP contribution in [0.4, 0.5) is 19.0 Å². The van der Waals surface area contributed by atoms with Gasteiger partial charge in [0.2, 0.25) is 0 Å². The number of alkyl halides is 3. The minimum Gasteiger partial charge on any atom is -0.493 e. The first-order valence-electron chi connectivity index (χ1n) is 10.8. The molecule has 7 nitrogen and oxygen atoms in total. The molecule has 2 aromatic heterocycles. The van der Waals surface area contributed by atoms with E-state index in [1.165, 1.54) is 0 Å². The molecule has 2 atom stereocenters. The van der Waals surface area contributed by atoms with Crippen LogP contribution in [0.25, 0.3) is 10.9 Å². The number of benzene rings is 1. The van der Waals surface area contributed by atoms with Crippen LogP contribution in [0, 0.1) is 12.8 Å². The van der Waals surface area contributed by atoms with Gasteiger partial charge in [-0.3, -0.25) is 4.98 Å². The molecular weight excluding hydrogens is 449 g/mol. The topological polar surface area (TPSA) is 78.4 Å². The van der Waals surface area contributed by atoms with E-state index >= 15 is 0 Å². The van der Waals surface area contributed by atoms with Gasteiger partial charge in [-0.1, -0.05) is 13.8 Å². The maximum Gasteiger partial charge on any atom is 0.416 e. The number of rotatable bonds is 9. The first kappa shape index (κ1) is 25.5. The first-order chi connectivity index (χ1) is 16.0. The number of hydrogen-bond donors (Lipinski definition) is 1. The van der Waals surface area contributed by atoms with Crippen LogP contribution in [0.3, 0.4) is 0 Å².